The SMILES string of the molecule is C[C@@H]1C[C@H]2[C@@H]3CCC4=CC(=O)C=C[C@]4(C)[C@@]3(F)[C@@H](O)C[C@]2(C)[C@@]1(O)C(=O)CO.Nc1cccc2c1C(=O)N(C1CCC(=O)NC1=O)C2=O. The lowest BCUT2D eigenvalue weighted by molar-refractivity contribution is -0.219. The molecule has 2 heterocycles. The number of aliphatic hydroxyl groups is 3. The highest BCUT2D eigenvalue weighted by molar-refractivity contribution is 6.25. The summed E-state index contributed by atoms with van der Waals surface area (Å²) in [5.41, 5.74) is 1.08. The van der Waals surface area contributed by atoms with Crippen molar-refractivity contribution in [3.63, 3.8) is 0 Å². The monoisotopic (exact) mass is 665 g/mol. The van der Waals surface area contributed by atoms with Crippen molar-refractivity contribution in [1.29, 1.82) is 0 Å². The molecule has 4 aliphatic carbocycles. The lowest BCUT2D eigenvalue weighted by Gasteiger charge is -2.62. The maximum absolute atomic E-state index is 16.9. The predicted molar refractivity (Wildman–Crippen MR) is 167 cm³/mol. The molecule has 0 spiro atoms. The van der Waals surface area contributed by atoms with Gasteiger partial charge in [-0.2, -0.15) is 0 Å². The van der Waals surface area contributed by atoms with Crippen molar-refractivity contribution in [1.82, 2.24) is 10.2 Å². The molecule has 9 atom stereocenters. The molecule has 6 aliphatic rings. The average molecular weight is 666 g/mol. The summed E-state index contributed by atoms with van der Waals surface area (Å²) in [6, 6.07) is 3.64. The first-order chi connectivity index (χ1) is 22.5. The zero-order valence-corrected chi connectivity index (χ0v) is 27.0. The third-order valence-corrected chi connectivity index (χ3v) is 12.3. The molecule has 6 N–H and O–H groups in total. The number of rotatable bonds is 3. The van der Waals surface area contributed by atoms with Crippen LogP contribution >= 0.6 is 0 Å². The number of ketones is 2. The second-order valence-electron chi connectivity index (χ2n) is 14.5. The number of anilines is 1. The number of nitrogens with one attached hydrogen (secondary N) is 1. The van der Waals surface area contributed by atoms with Crippen LogP contribution in [0.5, 0.6) is 0 Å². The first kappa shape index (κ1) is 33.8. The minimum atomic E-state index is -1.98. The summed E-state index contributed by atoms with van der Waals surface area (Å²) in [5.74, 6) is -4.28. The van der Waals surface area contributed by atoms with E-state index in [0.717, 1.165) is 4.90 Å². The minimum absolute atomic E-state index is 0.0676. The number of amides is 4. The van der Waals surface area contributed by atoms with E-state index in [1.54, 1.807) is 32.9 Å². The molecule has 4 amide bonds. The van der Waals surface area contributed by atoms with Crippen LogP contribution in [0, 0.1) is 28.6 Å². The Labute approximate surface area is 276 Å². The van der Waals surface area contributed by atoms with Gasteiger partial charge in [0.05, 0.1) is 17.2 Å². The lowest BCUT2D eigenvalue weighted by atomic mass is 9.44. The lowest BCUT2D eigenvalue weighted by Crippen LogP contribution is -2.69. The Balaban J connectivity index is 0.000000177. The molecule has 0 radical (unpaired) electrons. The highest BCUT2D eigenvalue weighted by Crippen LogP contribution is 2.70. The molecule has 13 heteroatoms. The number of nitrogen functional groups attached to an aromatic ring is 1. The Kier molecular flexibility index (Phi) is 7.92. The number of allylic oxidation sites excluding steroid dienone is 4. The van der Waals surface area contributed by atoms with Crippen LogP contribution in [0.1, 0.15) is 80.0 Å². The molecule has 0 aromatic heterocycles. The van der Waals surface area contributed by atoms with E-state index in [1.807, 2.05) is 0 Å². The standard InChI is InChI=1S/C22H29FO5.C13H11N3O4/c1-12-8-16-15-5-4-13-9-14(25)6-7-19(13,2)21(15,23)17(26)10-20(16,3)22(12,28)18(27)11-24;14-7-3-1-2-6-10(7)13(20)16(12(6)19)8-4-5-9(17)15-11(8)18/h6-7,9,12,15-17,24,26,28H,4-5,8,10-11H2,1-3H3;1-3,8H,4-5,14H2,(H,15,17,18)/t12-,15+,16+,17+,19+,20+,21+,22+;/m1./s1. The van der Waals surface area contributed by atoms with Gasteiger partial charge in [0.1, 0.15) is 18.2 Å². The van der Waals surface area contributed by atoms with Gasteiger partial charge >= 0.3 is 0 Å². The summed E-state index contributed by atoms with van der Waals surface area (Å²) in [7, 11) is 0. The van der Waals surface area contributed by atoms with E-state index >= 15 is 4.39 Å². The van der Waals surface area contributed by atoms with Crippen molar-refractivity contribution >= 4 is 40.9 Å². The molecule has 7 rings (SSSR count). The quantitative estimate of drug-likeness (QED) is 0.233. The summed E-state index contributed by atoms with van der Waals surface area (Å²) in [4.78, 5) is 72.8. The van der Waals surface area contributed by atoms with E-state index < -0.39 is 82.1 Å². The van der Waals surface area contributed by atoms with Crippen LogP contribution in [0.15, 0.2) is 42.0 Å². The number of halogens is 1. The number of alkyl halides is 1. The summed E-state index contributed by atoms with van der Waals surface area (Å²) in [5, 5.41) is 34.1. The largest absolute Gasteiger partial charge is 0.398 e. The molecule has 256 valence electrons. The van der Waals surface area contributed by atoms with Gasteiger partial charge in [-0.05, 0) is 75.1 Å². The van der Waals surface area contributed by atoms with Crippen molar-refractivity contribution in [2.75, 3.05) is 12.3 Å². The second kappa shape index (κ2) is 11.2. The summed E-state index contributed by atoms with van der Waals surface area (Å²) < 4.78 is 16.9. The zero-order valence-electron chi connectivity index (χ0n) is 27.0. The van der Waals surface area contributed by atoms with E-state index in [-0.39, 0.29) is 47.8 Å². The van der Waals surface area contributed by atoms with Gasteiger partial charge in [-0.3, -0.25) is 39.0 Å². The summed E-state index contributed by atoms with van der Waals surface area (Å²) in [6.07, 6.45) is 4.67. The zero-order chi connectivity index (χ0) is 35.1. The third-order valence-electron chi connectivity index (χ3n) is 12.3. The van der Waals surface area contributed by atoms with Gasteiger partial charge in [0.15, 0.2) is 17.2 Å². The van der Waals surface area contributed by atoms with Crippen LogP contribution in [-0.2, 0) is 19.2 Å². The normalized spacial score (nSPS) is 39.8. The predicted octanol–water partition coefficient (Wildman–Crippen LogP) is 1.57. The number of nitrogens with zero attached hydrogens (tertiary/aromatic N) is 1. The van der Waals surface area contributed by atoms with Gasteiger partial charge in [0.25, 0.3) is 11.8 Å². The number of benzene rings is 1. The molecule has 1 unspecified atom stereocenters. The Bertz CT molecular complexity index is 1720. The number of fused-ring (bicyclic) bond motifs is 6. The Morgan fingerprint density at radius 2 is 1.79 bits per heavy atom. The van der Waals surface area contributed by atoms with Crippen LogP contribution in [-0.4, -0.2) is 85.4 Å². The van der Waals surface area contributed by atoms with Gasteiger partial charge in [-0.15, -0.1) is 0 Å². The number of nitrogens with two attached hydrogens (primary N) is 1. The smallest absolute Gasteiger partial charge is 0.264 e. The first-order valence-electron chi connectivity index (χ1n) is 16.2. The van der Waals surface area contributed by atoms with Crippen LogP contribution in [0.4, 0.5) is 10.1 Å². The molecular weight excluding hydrogens is 625 g/mol. The number of imide groups is 2. The molecule has 1 aromatic rings. The van der Waals surface area contributed by atoms with Crippen LogP contribution in [0.3, 0.4) is 0 Å². The number of aliphatic hydroxyl groups excluding tert-OH is 2. The van der Waals surface area contributed by atoms with Crippen LogP contribution in [0.2, 0.25) is 0 Å². The number of hydrogen-bond acceptors (Lipinski definition) is 10. The molecule has 48 heavy (non-hydrogen) atoms. The van der Waals surface area contributed by atoms with Gasteiger partial charge in [-0.1, -0.05) is 31.6 Å². The topological polar surface area (TPSA) is 204 Å². The van der Waals surface area contributed by atoms with Crippen LogP contribution in [0.25, 0.3) is 0 Å². The first-order valence-corrected chi connectivity index (χ1v) is 16.2. The highest BCUT2D eigenvalue weighted by Gasteiger charge is 2.75. The Morgan fingerprint density at radius 1 is 1.08 bits per heavy atom. The molecule has 2 aliphatic heterocycles. The van der Waals surface area contributed by atoms with E-state index in [4.69, 9.17) is 5.73 Å². The number of Topliss-reactive ketones (excluding diaryl/α,β-unsaturated/α-hetero) is 1. The van der Waals surface area contributed by atoms with E-state index in [1.165, 1.54) is 24.3 Å². The third kappa shape index (κ3) is 4.36. The highest BCUT2D eigenvalue weighted by atomic mass is 19.1. The van der Waals surface area contributed by atoms with Crippen molar-refractivity contribution in [3.8, 4) is 0 Å². The van der Waals surface area contributed by atoms with Crippen molar-refractivity contribution in [2.24, 2.45) is 28.6 Å². The van der Waals surface area contributed by atoms with Crippen molar-refractivity contribution < 1.29 is 48.5 Å². The van der Waals surface area contributed by atoms with Crippen molar-refractivity contribution in [2.45, 2.75) is 82.7 Å². The molecule has 4 fully saturated rings. The van der Waals surface area contributed by atoms with Gasteiger partial charge in [0, 0.05) is 28.9 Å². The second-order valence-corrected chi connectivity index (χ2v) is 14.5. The fourth-order valence-corrected chi connectivity index (χ4v) is 9.80. The van der Waals surface area contributed by atoms with Crippen molar-refractivity contribution in [3.05, 3.63) is 53.1 Å². The fourth-order valence-electron chi connectivity index (χ4n) is 9.80. The summed E-state index contributed by atoms with van der Waals surface area (Å²) >= 11 is 0. The van der Waals surface area contributed by atoms with Gasteiger partial charge < -0.3 is 21.1 Å². The van der Waals surface area contributed by atoms with E-state index in [2.05, 4.69) is 5.32 Å². The molecule has 3 saturated carbocycles. The molecule has 1 aromatic carbocycles. The fraction of sp³-hybridized carbons (Fsp3) is 0.543. The average Bonchev–Trinajstić information content (AvgIpc) is 3.40. The number of hydrogen-bond donors (Lipinski definition) is 5. The van der Waals surface area contributed by atoms with E-state index in [9.17, 15) is 44.1 Å². The molecular formula is C35H40FN3O9. The number of carbonyl (C=O) groups is 6. The Morgan fingerprint density at radius 3 is 2.44 bits per heavy atom. The molecule has 12 nitrogen and oxygen atoms in total. The maximum Gasteiger partial charge on any atom is 0.264 e. The van der Waals surface area contributed by atoms with Crippen LogP contribution < -0.4 is 11.1 Å². The van der Waals surface area contributed by atoms with Gasteiger partial charge in [0.2, 0.25) is 11.8 Å². The summed E-state index contributed by atoms with van der Waals surface area (Å²) in [6.45, 7) is 4.48. The number of piperidine rings is 1. The Hall–Kier alpha value is -4.07. The van der Waals surface area contributed by atoms with Gasteiger partial charge in [-0.25, -0.2) is 4.39 Å². The number of carbonyl (C=O) groups excluding carboxylic acids is 6. The molecule has 1 saturated heterocycles. The maximum atomic E-state index is 16.9. The molecule has 0 bridgehead atoms. The van der Waals surface area contributed by atoms with E-state index in [0.29, 0.717) is 24.8 Å². The minimum Gasteiger partial charge on any atom is -0.398 e.